The number of carbonyl (C=O) groups excluding carboxylic acids is 2. The molecule has 2 amide bonds. The second-order valence-electron chi connectivity index (χ2n) is 6.13. The van der Waals surface area contributed by atoms with Crippen molar-refractivity contribution >= 4 is 28.9 Å². The molecular weight excluding hydrogens is 342 g/mol. The van der Waals surface area contributed by atoms with Crippen molar-refractivity contribution in [2.45, 2.75) is 20.3 Å². The van der Waals surface area contributed by atoms with Gasteiger partial charge in [-0.2, -0.15) is 0 Å². The number of amides is 2. The smallest absolute Gasteiger partial charge is 0.243 e. The van der Waals surface area contributed by atoms with Crippen molar-refractivity contribution in [3.63, 3.8) is 0 Å². The van der Waals surface area contributed by atoms with Crippen LogP contribution in [0.25, 0.3) is 0 Å². The van der Waals surface area contributed by atoms with Crippen molar-refractivity contribution in [1.29, 1.82) is 0 Å². The highest BCUT2D eigenvalue weighted by Crippen LogP contribution is 2.24. The largest absolute Gasteiger partial charge is 0.487 e. The van der Waals surface area contributed by atoms with Crippen LogP contribution in [0.1, 0.15) is 20.3 Å². The van der Waals surface area contributed by atoms with Crippen molar-refractivity contribution < 1.29 is 14.3 Å². The van der Waals surface area contributed by atoms with E-state index in [0.29, 0.717) is 30.2 Å². The van der Waals surface area contributed by atoms with Crippen molar-refractivity contribution in [3.05, 3.63) is 60.7 Å². The van der Waals surface area contributed by atoms with Crippen molar-refractivity contribution in [2.75, 3.05) is 29.1 Å². The van der Waals surface area contributed by atoms with Gasteiger partial charge in [-0.05, 0) is 42.8 Å². The molecule has 0 atom stereocenters. The zero-order chi connectivity index (χ0) is 19.6. The van der Waals surface area contributed by atoms with Crippen LogP contribution in [0.3, 0.4) is 0 Å². The van der Waals surface area contributed by atoms with Gasteiger partial charge in [-0.3, -0.25) is 9.59 Å². The normalized spacial score (nSPS) is 10.0. The summed E-state index contributed by atoms with van der Waals surface area (Å²) >= 11 is 0. The van der Waals surface area contributed by atoms with E-state index in [1.807, 2.05) is 31.2 Å². The molecule has 0 aromatic heterocycles. The van der Waals surface area contributed by atoms with E-state index >= 15 is 0 Å². The average molecular weight is 367 g/mol. The van der Waals surface area contributed by atoms with E-state index in [1.54, 1.807) is 31.2 Å². The topological polar surface area (TPSA) is 79.5 Å². The van der Waals surface area contributed by atoms with Crippen LogP contribution in [0.15, 0.2) is 60.7 Å². The maximum Gasteiger partial charge on any atom is 0.243 e. The lowest BCUT2D eigenvalue weighted by molar-refractivity contribution is -0.116. The first-order valence-corrected chi connectivity index (χ1v) is 8.77. The molecule has 0 fully saturated rings. The lowest BCUT2D eigenvalue weighted by Gasteiger charge is -2.13. The molecule has 0 aliphatic carbocycles. The van der Waals surface area contributed by atoms with Gasteiger partial charge in [0, 0.05) is 17.8 Å². The van der Waals surface area contributed by atoms with E-state index in [-0.39, 0.29) is 18.4 Å². The van der Waals surface area contributed by atoms with Gasteiger partial charge in [0.2, 0.25) is 11.8 Å². The van der Waals surface area contributed by atoms with Crippen LogP contribution in [-0.2, 0) is 9.59 Å². The molecule has 3 N–H and O–H groups in total. The van der Waals surface area contributed by atoms with Gasteiger partial charge in [0.1, 0.15) is 12.4 Å². The fourth-order valence-electron chi connectivity index (χ4n) is 2.24. The summed E-state index contributed by atoms with van der Waals surface area (Å²) in [6.07, 6.45) is 0.396. The lowest BCUT2D eigenvalue weighted by Crippen LogP contribution is -2.22. The molecule has 2 rings (SSSR count). The van der Waals surface area contributed by atoms with Gasteiger partial charge in [0.05, 0.1) is 12.2 Å². The number of benzene rings is 2. The minimum Gasteiger partial charge on any atom is -0.487 e. The summed E-state index contributed by atoms with van der Waals surface area (Å²) in [4.78, 5) is 23.7. The number of carbonyl (C=O) groups is 2. The SMILES string of the molecule is C=C(C)COc1ccccc1NCC(=O)Nc1cccc(NC(=O)CC)c1. The summed E-state index contributed by atoms with van der Waals surface area (Å²) in [5.74, 6) is 0.382. The van der Waals surface area contributed by atoms with Gasteiger partial charge in [0.15, 0.2) is 0 Å². The van der Waals surface area contributed by atoms with Crippen LogP contribution >= 0.6 is 0 Å². The number of para-hydroxylation sites is 2. The van der Waals surface area contributed by atoms with E-state index in [0.717, 1.165) is 11.3 Å². The zero-order valence-electron chi connectivity index (χ0n) is 15.7. The second kappa shape index (κ2) is 10.0. The fourth-order valence-corrected chi connectivity index (χ4v) is 2.24. The minimum absolute atomic E-state index is 0.0773. The molecule has 0 heterocycles. The molecule has 6 nitrogen and oxygen atoms in total. The van der Waals surface area contributed by atoms with Gasteiger partial charge < -0.3 is 20.7 Å². The number of ether oxygens (including phenoxy) is 1. The Morgan fingerprint density at radius 2 is 1.67 bits per heavy atom. The van der Waals surface area contributed by atoms with Gasteiger partial charge in [-0.15, -0.1) is 0 Å². The van der Waals surface area contributed by atoms with Crippen molar-refractivity contribution in [2.24, 2.45) is 0 Å². The molecule has 0 spiro atoms. The molecule has 0 saturated carbocycles. The minimum atomic E-state index is -0.205. The summed E-state index contributed by atoms with van der Waals surface area (Å²) in [6, 6.07) is 14.5. The van der Waals surface area contributed by atoms with Gasteiger partial charge in [-0.25, -0.2) is 0 Å². The molecule has 0 radical (unpaired) electrons. The maximum atomic E-state index is 12.2. The van der Waals surface area contributed by atoms with E-state index < -0.39 is 0 Å². The fraction of sp³-hybridized carbons (Fsp3) is 0.238. The summed E-state index contributed by atoms with van der Waals surface area (Å²) in [5, 5.41) is 8.65. The Morgan fingerprint density at radius 3 is 2.33 bits per heavy atom. The summed E-state index contributed by atoms with van der Waals surface area (Å²) in [5.41, 5.74) is 2.91. The quantitative estimate of drug-likeness (QED) is 0.585. The van der Waals surface area contributed by atoms with Crippen LogP contribution in [-0.4, -0.2) is 25.0 Å². The predicted molar refractivity (Wildman–Crippen MR) is 109 cm³/mol. The molecule has 6 heteroatoms. The summed E-state index contributed by atoms with van der Waals surface area (Å²) in [6.45, 7) is 7.99. The number of hydrogen-bond acceptors (Lipinski definition) is 4. The zero-order valence-corrected chi connectivity index (χ0v) is 15.7. The monoisotopic (exact) mass is 367 g/mol. The molecule has 2 aromatic rings. The molecule has 27 heavy (non-hydrogen) atoms. The Bertz CT molecular complexity index is 818. The first-order valence-electron chi connectivity index (χ1n) is 8.77. The van der Waals surface area contributed by atoms with Crippen LogP contribution < -0.4 is 20.7 Å². The molecule has 142 valence electrons. The summed E-state index contributed by atoms with van der Waals surface area (Å²) < 4.78 is 5.68. The third-order valence-electron chi connectivity index (χ3n) is 3.55. The predicted octanol–water partition coefficient (Wildman–Crippen LogP) is 4.04. The van der Waals surface area contributed by atoms with Crippen molar-refractivity contribution in [1.82, 2.24) is 0 Å². The lowest BCUT2D eigenvalue weighted by atomic mass is 10.2. The third kappa shape index (κ3) is 6.86. The number of anilines is 3. The average Bonchev–Trinajstić information content (AvgIpc) is 2.65. The van der Waals surface area contributed by atoms with Crippen LogP contribution in [0.5, 0.6) is 5.75 Å². The maximum absolute atomic E-state index is 12.2. The van der Waals surface area contributed by atoms with Crippen LogP contribution in [0, 0.1) is 0 Å². The molecule has 0 bridgehead atoms. The molecule has 0 unspecified atom stereocenters. The first-order chi connectivity index (χ1) is 13.0. The summed E-state index contributed by atoms with van der Waals surface area (Å²) in [7, 11) is 0. The van der Waals surface area contributed by atoms with Crippen LogP contribution in [0.4, 0.5) is 17.1 Å². The standard InChI is InChI=1S/C21H25N3O3/c1-4-20(25)23-16-8-7-9-17(12-16)24-21(26)13-22-18-10-5-6-11-19(18)27-14-15(2)3/h5-12,22H,2,4,13-14H2,1,3H3,(H,23,25)(H,24,26). The molecular formula is C21H25N3O3. The van der Waals surface area contributed by atoms with E-state index in [2.05, 4.69) is 22.5 Å². The van der Waals surface area contributed by atoms with E-state index in [9.17, 15) is 9.59 Å². The Hall–Kier alpha value is -3.28. The van der Waals surface area contributed by atoms with Gasteiger partial charge in [-0.1, -0.05) is 31.7 Å². The van der Waals surface area contributed by atoms with Gasteiger partial charge in [0.25, 0.3) is 0 Å². The molecule has 2 aromatic carbocycles. The van der Waals surface area contributed by atoms with Gasteiger partial charge >= 0.3 is 0 Å². The Morgan fingerprint density at radius 1 is 1.00 bits per heavy atom. The first kappa shape index (κ1) is 20.0. The third-order valence-corrected chi connectivity index (χ3v) is 3.55. The molecule has 0 aliphatic rings. The number of hydrogen-bond donors (Lipinski definition) is 3. The van der Waals surface area contributed by atoms with Crippen molar-refractivity contribution in [3.8, 4) is 5.75 Å². The number of rotatable bonds is 9. The highest BCUT2D eigenvalue weighted by atomic mass is 16.5. The second-order valence-corrected chi connectivity index (χ2v) is 6.13. The molecule has 0 aliphatic heterocycles. The van der Waals surface area contributed by atoms with E-state index in [1.165, 1.54) is 0 Å². The van der Waals surface area contributed by atoms with Crippen LogP contribution in [0.2, 0.25) is 0 Å². The Kier molecular flexibility index (Phi) is 7.43. The Labute approximate surface area is 159 Å². The molecule has 0 saturated heterocycles. The number of nitrogens with one attached hydrogen (secondary N) is 3. The highest BCUT2D eigenvalue weighted by molar-refractivity contribution is 5.95. The highest BCUT2D eigenvalue weighted by Gasteiger charge is 2.07. The Balaban J connectivity index is 1.92. The van der Waals surface area contributed by atoms with E-state index in [4.69, 9.17) is 4.74 Å².